The summed E-state index contributed by atoms with van der Waals surface area (Å²) in [6.07, 6.45) is 2.61. The molecule has 5 rings (SSSR count). The van der Waals surface area contributed by atoms with Gasteiger partial charge in [-0.1, -0.05) is 49.4 Å². The second-order valence-electron chi connectivity index (χ2n) is 9.86. The Balaban J connectivity index is 1.17. The number of unbranched alkanes of at least 4 members (excludes halogenated alkanes) is 1. The second-order valence-corrected chi connectivity index (χ2v) is 9.86. The highest BCUT2D eigenvalue weighted by Crippen LogP contribution is 2.70. The van der Waals surface area contributed by atoms with E-state index in [9.17, 15) is 13.2 Å². The van der Waals surface area contributed by atoms with Crippen molar-refractivity contribution in [1.29, 1.82) is 0 Å². The molecule has 0 bridgehead atoms. The smallest absolute Gasteiger partial charge is 0.302 e. The summed E-state index contributed by atoms with van der Waals surface area (Å²) < 4.78 is 39.0. The van der Waals surface area contributed by atoms with Crippen LogP contribution in [0.2, 0.25) is 0 Å². The fraction of sp³-hybridized carbons (Fsp3) is 0.429. The zero-order valence-corrected chi connectivity index (χ0v) is 19.5. The number of nitrogens with zero attached hydrogens (tertiary/aromatic N) is 3. The van der Waals surface area contributed by atoms with Gasteiger partial charge < -0.3 is 4.90 Å². The summed E-state index contributed by atoms with van der Waals surface area (Å²) in [5.74, 6) is 0.872. The Kier molecular flexibility index (Phi) is 5.96. The Morgan fingerprint density at radius 2 is 1.71 bits per heavy atom. The first kappa shape index (κ1) is 23.0. The number of hydrogen-bond acceptors (Lipinski definition) is 3. The second kappa shape index (κ2) is 8.81. The van der Waals surface area contributed by atoms with Gasteiger partial charge in [0.25, 0.3) is 0 Å². The van der Waals surface area contributed by atoms with E-state index in [-0.39, 0.29) is 10.8 Å². The van der Waals surface area contributed by atoms with E-state index in [2.05, 4.69) is 28.9 Å². The van der Waals surface area contributed by atoms with Crippen molar-refractivity contribution >= 4 is 0 Å². The van der Waals surface area contributed by atoms with E-state index in [4.69, 9.17) is 4.98 Å². The van der Waals surface area contributed by atoms with Crippen LogP contribution in [0.1, 0.15) is 49.6 Å². The number of fused-ring (bicyclic) bond motifs is 1. The number of hydrogen-bond donors (Lipinski definition) is 0. The van der Waals surface area contributed by atoms with Crippen LogP contribution in [0.3, 0.4) is 0 Å². The molecule has 1 saturated heterocycles. The molecule has 2 aliphatic rings. The van der Waals surface area contributed by atoms with Gasteiger partial charge in [-0.15, -0.1) is 0 Å². The quantitative estimate of drug-likeness (QED) is 0.354. The van der Waals surface area contributed by atoms with E-state index in [1.54, 1.807) is 12.1 Å². The molecule has 1 aromatic heterocycles. The van der Waals surface area contributed by atoms with Gasteiger partial charge in [-0.25, -0.2) is 9.97 Å². The molecule has 0 N–H and O–H groups in total. The molecule has 178 valence electrons. The summed E-state index contributed by atoms with van der Waals surface area (Å²) in [7, 11) is 0. The normalized spacial score (nSPS) is 24.2. The molecular formula is C28H30F3N3. The first-order chi connectivity index (χ1) is 16.4. The molecule has 2 fully saturated rings. The highest BCUT2D eigenvalue weighted by molar-refractivity contribution is 5.58. The van der Waals surface area contributed by atoms with Crippen LogP contribution in [0.15, 0.2) is 66.9 Å². The molecule has 3 aromatic rings. The van der Waals surface area contributed by atoms with E-state index in [1.807, 2.05) is 30.5 Å². The SMILES string of the molecule is CC[C@]12CN(CCCCc3nccc(-c4ccccc4)n3)C[C@@]1(c1ccc(C(F)(F)F)cc1)C2. The van der Waals surface area contributed by atoms with Crippen LogP contribution in [-0.2, 0) is 18.0 Å². The van der Waals surface area contributed by atoms with E-state index in [1.165, 1.54) is 12.1 Å². The van der Waals surface area contributed by atoms with Gasteiger partial charge in [0.15, 0.2) is 0 Å². The van der Waals surface area contributed by atoms with Gasteiger partial charge in [0, 0.05) is 36.7 Å². The van der Waals surface area contributed by atoms with Gasteiger partial charge in [0.1, 0.15) is 5.82 Å². The molecule has 1 saturated carbocycles. The van der Waals surface area contributed by atoms with E-state index >= 15 is 0 Å². The lowest BCUT2D eigenvalue weighted by atomic mass is 9.87. The maximum Gasteiger partial charge on any atom is 0.416 e. The Bertz CT molecular complexity index is 1130. The summed E-state index contributed by atoms with van der Waals surface area (Å²) >= 11 is 0. The van der Waals surface area contributed by atoms with Crippen LogP contribution in [0.25, 0.3) is 11.3 Å². The maximum absolute atomic E-state index is 13.0. The number of rotatable bonds is 8. The van der Waals surface area contributed by atoms with Crippen LogP contribution in [0.4, 0.5) is 13.2 Å². The first-order valence-electron chi connectivity index (χ1n) is 12.1. The molecule has 2 atom stereocenters. The number of aromatic nitrogens is 2. The van der Waals surface area contributed by atoms with Crippen molar-refractivity contribution in [3.63, 3.8) is 0 Å². The monoisotopic (exact) mass is 465 g/mol. The van der Waals surface area contributed by atoms with Gasteiger partial charge in [-0.3, -0.25) is 0 Å². The minimum Gasteiger partial charge on any atom is -0.302 e. The molecule has 0 amide bonds. The van der Waals surface area contributed by atoms with Crippen molar-refractivity contribution in [1.82, 2.24) is 14.9 Å². The largest absolute Gasteiger partial charge is 0.416 e. The first-order valence-corrected chi connectivity index (χ1v) is 12.1. The van der Waals surface area contributed by atoms with E-state index in [0.717, 1.165) is 74.4 Å². The molecular weight excluding hydrogens is 435 g/mol. The minimum absolute atomic E-state index is 0.0129. The van der Waals surface area contributed by atoms with Crippen molar-refractivity contribution in [2.45, 2.75) is 50.6 Å². The third-order valence-electron chi connectivity index (χ3n) is 7.89. The Hall–Kier alpha value is -2.73. The van der Waals surface area contributed by atoms with Crippen molar-refractivity contribution in [2.75, 3.05) is 19.6 Å². The van der Waals surface area contributed by atoms with Crippen LogP contribution in [-0.4, -0.2) is 34.5 Å². The summed E-state index contributed by atoms with van der Waals surface area (Å²) in [5, 5.41) is 0. The standard InChI is InChI=1S/C28H30F3N3/c1-2-26-18-27(26,22-11-13-23(14-12-22)28(29,30)31)20-34(19-26)17-7-6-10-25-32-16-15-24(33-25)21-8-4-3-5-9-21/h3-5,8-9,11-16H,2,6-7,10,17-20H2,1H3/t26-,27+/m0/s1. The average Bonchev–Trinajstić information content (AvgIpc) is 3.38. The summed E-state index contributed by atoms with van der Waals surface area (Å²) in [5.41, 5.74) is 2.77. The molecule has 0 radical (unpaired) electrons. The van der Waals surface area contributed by atoms with Gasteiger partial charge in [-0.05, 0) is 61.4 Å². The van der Waals surface area contributed by atoms with Crippen molar-refractivity contribution in [2.24, 2.45) is 5.41 Å². The molecule has 2 aromatic carbocycles. The predicted molar refractivity (Wildman–Crippen MR) is 127 cm³/mol. The topological polar surface area (TPSA) is 29.0 Å². The summed E-state index contributed by atoms with van der Waals surface area (Å²) in [6, 6.07) is 18.0. The zero-order valence-electron chi connectivity index (χ0n) is 19.5. The van der Waals surface area contributed by atoms with Crippen molar-refractivity contribution in [3.05, 3.63) is 83.8 Å². The number of likely N-dealkylation sites (tertiary alicyclic amines) is 1. The molecule has 2 heterocycles. The molecule has 0 unspecified atom stereocenters. The fourth-order valence-electron chi connectivity index (χ4n) is 5.95. The highest BCUT2D eigenvalue weighted by atomic mass is 19.4. The molecule has 6 heteroatoms. The average molecular weight is 466 g/mol. The van der Waals surface area contributed by atoms with Gasteiger partial charge in [0.05, 0.1) is 11.3 Å². The lowest BCUT2D eigenvalue weighted by Gasteiger charge is -2.21. The lowest BCUT2D eigenvalue weighted by Crippen LogP contribution is -2.28. The Morgan fingerprint density at radius 3 is 2.41 bits per heavy atom. The predicted octanol–water partition coefficient (Wildman–Crippen LogP) is 6.54. The molecule has 0 spiro atoms. The molecule has 1 aliphatic carbocycles. The zero-order chi connectivity index (χ0) is 23.8. The number of benzene rings is 2. The number of alkyl halides is 3. The van der Waals surface area contributed by atoms with E-state index < -0.39 is 11.7 Å². The number of piperidine rings is 1. The minimum atomic E-state index is -4.28. The van der Waals surface area contributed by atoms with Gasteiger partial charge in [-0.2, -0.15) is 13.2 Å². The number of aryl methyl sites for hydroxylation is 1. The third kappa shape index (κ3) is 4.24. The van der Waals surface area contributed by atoms with Gasteiger partial charge in [0.2, 0.25) is 0 Å². The van der Waals surface area contributed by atoms with Crippen molar-refractivity contribution < 1.29 is 13.2 Å². The highest BCUT2D eigenvalue weighted by Gasteiger charge is 2.71. The van der Waals surface area contributed by atoms with E-state index in [0.29, 0.717) is 0 Å². The van der Waals surface area contributed by atoms with Crippen molar-refractivity contribution in [3.8, 4) is 11.3 Å². The summed E-state index contributed by atoms with van der Waals surface area (Å²) in [4.78, 5) is 11.7. The van der Waals surface area contributed by atoms with Gasteiger partial charge >= 0.3 is 6.18 Å². The number of halogens is 3. The Morgan fingerprint density at radius 1 is 0.941 bits per heavy atom. The Labute approximate surface area is 199 Å². The molecule has 3 nitrogen and oxygen atoms in total. The third-order valence-corrected chi connectivity index (χ3v) is 7.89. The maximum atomic E-state index is 13.0. The van der Waals surface area contributed by atoms with Crippen LogP contribution in [0.5, 0.6) is 0 Å². The fourth-order valence-corrected chi connectivity index (χ4v) is 5.95. The van der Waals surface area contributed by atoms with Crippen LogP contribution >= 0.6 is 0 Å². The van der Waals surface area contributed by atoms with Crippen LogP contribution in [0, 0.1) is 5.41 Å². The molecule has 1 aliphatic heterocycles. The summed E-state index contributed by atoms with van der Waals surface area (Å²) in [6.45, 7) is 5.19. The van der Waals surface area contributed by atoms with Crippen LogP contribution < -0.4 is 0 Å². The molecule has 34 heavy (non-hydrogen) atoms. The lowest BCUT2D eigenvalue weighted by molar-refractivity contribution is -0.137.